The maximum Gasteiger partial charge on any atom is 0.254 e. The summed E-state index contributed by atoms with van der Waals surface area (Å²) in [6.07, 6.45) is 3.11. The van der Waals surface area contributed by atoms with Crippen LogP contribution in [0.3, 0.4) is 0 Å². The van der Waals surface area contributed by atoms with Crippen LogP contribution in [-0.2, 0) is 17.9 Å². The lowest BCUT2D eigenvalue weighted by Gasteiger charge is -2.26. The lowest BCUT2D eigenvalue weighted by Crippen LogP contribution is -2.49. The first-order valence-electron chi connectivity index (χ1n) is 11.3. The number of hydrogen-bond acceptors (Lipinski definition) is 3. The molecule has 0 bridgehead atoms. The van der Waals surface area contributed by atoms with Crippen molar-refractivity contribution in [2.45, 2.75) is 19.5 Å². The first-order valence-corrected chi connectivity index (χ1v) is 11.3. The van der Waals surface area contributed by atoms with Crippen molar-refractivity contribution in [3.8, 4) is 0 Å². The second kappa shape index (κ2) is 12.4. The highest BCUT2D eigenvalue weighted by Crippen LogP contribution is 2.15. The van der Waals surface area contributed by atoms with Gasteiger partial charge in [-0.3, -0.25) is 14.6 Å². The molecule has 3 N–H and O–H groups in total. The third-order valence-corrected chi connectivity index (χ3v) is 5.76. The van der Waals surface area contributed by atoms with Crippen molar-refractivity contribution in [1.82, 2.24) is 25.4 Å². The fourth-order valence-corrected chi connectivity index (χ4v) is 3.96. The molecular weight excluding hydrogens is 543 g/mol. The Bertz CT molecular complexity index is 1140. The van der Waals surface area contributed by atoms with Crippen LogP contribution in [0.25, 0.3) is 10.9 Å². The van der Waals surface area contributed by atoms with Gasteiger partial charge in [-0.15, -0.1) is 24.0 Å². The number of nitrogens with one attached hydrogen (secondary N) is 3. The number of carbonyl (C=O) groups is 2. The molecule has 3 aromatic rings. The van der Waals surface area contributed by atoms with Gasteiger partial charge >= 0.3 is 0 Å². The van der Waals surface area contributed by atoms with Crippen LogP contribution >= 0.6 is 24.0 Å². The molecule has 4 rings (SSSR count). The smallest absolute Gasteiger partial charge is 0.254 e. The van der Waals surface area contributed by atoms with E-state index in [2.05, 4.69) is 62.0 Å². The van der Waals surface area contributed by atoms with E-state index in [-0.39, 0.29) is 42.3 Å². The fraction of sp³-hybridized carbons (Fsp3) is 0.320. The number of fused-ring (bicyclic) bond motifs is 1. The summed E-state index contributed by atoms with van der Waals surface area (Å²) in [5, 5.41) is 10.7. The van der Waals surface area contributed by atoms with Gasteiger partial charge in [0.15, 0.2) is 5.96 Å². The minimum absolute atomic E-state index is 0. The average molecular weight is 574 g/mol. The van der Waals surface area contributed by atoms with Gasteiger partial charge < -0.3 is 25.4 Å². The molecule has 0 aliphatic carbocycles. The molecule has 0 unspecified atom stereocenters. The van der Waals surface area contributed by atoms with Gasteiger partial charge in [-0.05, 0) is 41.6 Å². The molecule has 0 saturated carbocycles. The summed E-state index contributed by atoms with van der Waals surface area (Å²) >= 11 is 0. The Morgan fingerprint density at radius 1 is 1.09 bits per heavy atom. The molecule has 34 heavy (non-hydrogen) atoms. The van der Waals surface area contributed by atoms with Gasteiger partial charge in [0.2, 0.25) is 5.91 Å². The van der Waals surface area contributed by atoms with Crippen LogP contribution in [0, 0.1) is 0 Å². The van der Waals surface area contributed by atoms with E-state index in [4.69, 9.17) is 0 Å². The van der Waals surface area contributed by atoms with Gasteiger partial charge in [-0.1, -0.05) is 30.3 Å². The van der Waals surface area contributed by atoms with Gasteiger partial charge in [0.1, 0.15) is 0 Å². The zero-order valence-electron chi connectivity index (χ0n) is 19.3. The number of aromatic nitrogens is 1. The number of aryl methyl sites for hydroxylation is 1. The van der Waals surface area contributed by atoms with Crippen molar-refractivity contribution in [3.63, 3.8) is 0 Å². The minimum atomic E-state index is -0.115. The number of nitrogens with zero attached hydrogens (tertiary/aromatic N) is 3. The third-order valence-electron chi connectivity index (χ3n) is 5.76. The Labute approximate surface area is 216 Å². The number of halogens is 1. The van der Waals surface area contributed by atoms with Gasteiger partial charge in [0.25, 0.3) is 5.91 Å². The minimum Gasteiger partial charge on any atom is -0.356 e. The highest BCUT2D eigenvalue weighted by Gasteiger charge is 2.22. The van der Waals surface area contributed by atoms with Crippen molar-refractivity contribution in [2.75, 3.05) is 33.2 Å². The monoisotopic (exact) mass is 574 g/mol. The first kappa shape index (κ1) is 25.5. The molecule has 2 heterocycles. The van der Waals surface area contributed by atoms with Crippen LogP contribution < -0.4 is 16.0 Å². The number of piperazine rings is 1. The molecular formula is C25H31IN6O2. The summed E-state index contributed by atoms with van der Waals surface area (Å²) in [4.78, 5) is 30.0. The van der Waals surface area contributed by atoms with Gasteiger partial charge in [-0.2, -0.15) is 0 Å². The van der Waals surface area contributed by atoms with Crippen LogP contribution in [-0.4, -0.2) is 60.5 Å². The highest BCUT2D eigenvalue weighted by molar-refractivity contribution is 14.0. The number of guanidine groups is 1. The average Bonchev–Trinajstić information content (AvgIpc) is 3.26. The zero-order chi connectivity index (χ0) is 23.0. The van der Waals surface area contributed by atoms with Crippen molar-refractivity contribution in [1.29, 1.82) is 0 Å². The summed E-state index contributed by atoms with van der Waals surface area (Å²) in [5.41, 5.74) is 2.89. The summed E-state index contributed by atoms with van der Waals surface area (Å²) in [7, 11) is 1.76. The molecule has 2 aromatic carbocycles. The fourth-order valence-electron chi connectivity index (χ4n) is 3.96. The third kappa shape index (κ3) is 6.49. The molecule has 8 nitrogen and oxygen atoms in total. The van der Waals surface area contributed by atoms with Crippen LogP contribution in [0.15, 0.2) is 65.8 Å². The summed E-state index contributed by atoms with van der Waals surface area (Å²) in [6, 6.07) is 18.0. The van der Waals surface area contributed by atoms with Crippen molar-refractivity contribution < 1.29 is 9.59 Å². The molecule has 2 amide bonds. The Balaban J connectivity index is 0.00000324. The molecule has 1 aliphatic heterocycles. The standard InChI is InChI=1S/C25H30N6O2.HI/c1-26-25(28-12-4-14-30-15-11-20-5-2-3-6-22(20)30)29-17-19-7-9-21(10-8-19)24(33)31-16-13-27-23(32)18-31;/h2-3,5-11,15H,4,12-14,16-18H2,1H3,(H,27,32)(H2,26,28,29);1H. The molecule has 1 aromatic heterocycles. The predicted octanol–water partition coefficient (Wildman–Crippen LogP) is 2.59. The number of benzene rings is 2. The van der Waals surface area contributed by atoms with E-state index >= 15 is 0 Å². The van der Waals surface area contributed by atoms with Gasteiger partial charge in [0.05, 0.1) is 6.54 Å². The normalized spacial score (nSPS) is 13.9. The number of rotatable bonds is 7. The predicted molar refractivity (Wildman–Crippen MR) is 146 cm³/mol. The number of amides is 2. The molecule has 0 atom stereocenters. The molecule has 0 radical (unpaired) electrons. The van der Waals surface area contributed by atoms with E-state index in [9.17, 15) is 9.59 Å². The molecule has 9 heteroatoms. The van der Waals surface area contributed by atoms with Crippen molar-refractivity contribution in [2.24, 2.45) is 4.99 Å². The van der Waals surface area contributed by atoms with Gasteiger partial charge in [0, 0.05) is 57.0 Å². The summed E-state index contributed by atoms with van der Waals surface area (Å²) in [6.45, 7) is 3.50. The topological polar surface area (TPSA) is 90.8 Å². The van der Waals surface area contributed by atoms with Crippen LogP contribution in [0.2, 0.25) is 0 Å². The highest BCUT2D eigenvalue weighted by atomic mass is 127. The number of para-hydroxylation sites is 1. The van der Waals surface area contributed by atoms with Crippen LogP contribution in [0.5, 0.6) is 0 Å². The van der Waals surface area contributed by atoms with E-state index < -0.39 is 0 Å². The van der Waals surface area contributed by atoms with Crippen LogP contribution in [0.4, 0.5) is 0 Å². The molecule has 180 valence electrons. The first-order chi connectivity index (χ1) is 16.1. The second-order valence-corrected chi connectivity index (χ2v) is 8.05. The zero-order valence-corrected chi connectivity index (χ0v) is 21.6. The molecule has 0 spiro atoms. The maximum atomic E-state index is 12.6. The van der Waals surface area contributed by atoms with Gasteiger partial charge in [-0.25, -0.2) is 0 Å². The van der Waals surface area contributed by atoms with Crippen molar-refractivity contribution in [3.05, 3.63) is 71.9 Å². The lowest BCUT2D eigenvalue weighted by atomic mass is 10.1. The number of carbonyl (C=O) groups excluding carboxylic acids is 2. The molecule has 1 fully saturated rings. The lowest BCUT2D eigenvalue weighted by molar-refractivity contribution is -0.123. The van der Waals surface area contributed by atoms with Crippen molar-refractivity contribution >= 4 is 52.7 Å². The molecule has 1 aliphatic rings. The SMILES string of the molecule is CN=C(NCCCn1ccc2ccccc21)NCc1ccc(C(=O)N2CCNC(=O)C2)cc1.I. The van der Waals surface area contributed by atoms with Crippen LogP contribution in [0.1, 0.15) is 22.3 Å². The summed E-state index contributed by atoms with van der Waals surface area (Å²) in [5.74, 6) is 0.514. The Morgan fingerprint density at radius 2 is 1.88 bits per heavy atom. The number of aliphatic imine (C=N–C) groups is 1. The van der Waals surface area contributed by atoms with E-state index in [0.29, 0.717) is 25.2 Å². The maximum absolute atomic E-state index is 12.6. The largest absolute Gasteiger partial charge is 0.356 e. The Morgan fingerprint density at radius 3 is 2.65 bits per heavy atom. The van der Waals surface area contributed by atoms with E-state index in [1.807, 2.05) is 24.3 Å². The second-order valence-electron chi connectivity index (χ2n) is 8.05. The Kier molecular flexibility index (Phi) is 9.32. The van der Waals surface area contributed by atoms with E-state index in [1.54, 1.807) is 11.9 Å². The quantitative estimate of drug-likeness (QED) is 0.175. The number of hydrogen-bond donors (Lipinski definition) is 3. The molecule has 1 saturated heterocycles. The van der Waals surface area contributed by atoms with E-state index in [1.165, 1.54) is 10.9 Å². The summed E-state index contributed by atoms with van der Waals surface area (Å²) < 4.78 is 2.27. The Hall–Kier alpha value is -3.08. The van der Waals surface area contributed by atoms with E-state index in [0.717, 1.165) is 31.0 Å².